The van der Waals surface area contributed by atoms with Gasteiger partial charge >= 0.3 is 0 Å². The first kappa shape index (κ1) is 36.2. The fourth-order valence-electron chi connectivity index (χ4n) is 8.79. The number of hydrogen-bond donors (Lipinski definition) is 2. The van der Waals surface area contributed by atoms with E-state index in [1.807, 2.05) is 36.4 Å². The monoisotopic (exact) mass is 738 g/mol. The number of piperidine rings is 1. The molecule has 0 aliphatic carbocycles. The van der Waals surface area contributed by atoms with Crippen molar-refractivity contribution >= 4 is 40.5 Å². The van der Waals surface area contributed by atoms with Gasteiger partial charge in [0.2, 0.25) is 11.8 Å². The van der Waals surface area contributed by atoms with E-state index in [4.69, 9.17) is 4.74 Å². The minimum absolute atomic E-state index is 0.101. The van der Waals surface area contributed by atoms with Gasteiger partial charge in [-0.1, -0.05) is 61.5 Å². The molecular weight excluding hydrogens is 693 g/mol. The number of nitrogens with one attached hydrogen (secondary N) is 1. The van der Waals surface area contributed by atoms with Gasteiger partial charge in [-0.2, -0.15) is 0 Å². The highest BCUT2D eigenvalue weighted by Crippen LogP contribution is 2.38. The zero-order valence-electron chi connectivity index (χ0n) is 31.1. The van der Waals surface area contributed by atoms with E-state index < -0.39 is 23.8 Å². The lowest BCUT2D eigenvalue weighted by atomic mass is 9.88. The summed E-state index contributed by atoms with van der Waals surface area (Å²) in [5.74, 6) is 0.251. The van der Waals surface area contributed by atoms with E-state index in [1.165, 1.54) is 11.1 Å². The van der Waals surface area contributed by atoms with Crippen molar-refractivity contribution in [3.05, 3.63) is 125 Å². The molecule has 4 amide bonds. The van der Waals surface area contributed by atoms with Crippen LogP contribution in [0, 0.1) is 11.8 Å². The second-order valence-electron chi connectivity index (χ2n) is 15.1. The molecule has 0 aromatic heterocycles. The minimum atomic E-state index is -0.960. The van der Waals surface area contributed by atoms with E-state index in [0.29, 0.717) is 29.6 Å². The molecule has 10 nitrogen and oxygen atoms in total. The van der Waals surface area contributed by atoms with Gasteiger partial charge in [-0.05, 0) is 114 Å². The molecule has 3 fully saturated rings. The van der Waals surface area contributed by atoms with E-state index in [9.17, 15) is 24.3 Å². The van der Waals surface area contributed by atoms with Crippen LogP contribution in [0.1, 0.15) is 76.4 Å². The Morgan fingerprint density at radius 2 is 1.44 bits per heavy atom. The molecular formula is C45H46N4O6. The van der Waals surface area contributed by atoms with Gasteiger partial charge in [0.15, 0.2) is 0 Å². The second kappa shape index (κ2) is 15.5. The van der Waals surface area contributed by atoms with Crippen molar-refractivity contribution in [1.29, 1.82) is 0 Å². The lowest BCUT2D eigenvalue weighted by Crippen LogP contribution is -2.54. The third kappa shape index (κ3) is 7.38. The summed E-state index contributed by atoms with van der Waals surface area (Å²) in [5.41, 5.74) is 7.30. The first-order valence-electron chi connectivity index (χ1n) is 19.4. The molecule has 55 heavy (non-hydrogen) atoms. The highest BCUT2D eigenvalue weighted by Gasteiger charge is 2.45. The highest BCUT2D eigenvalue weighted by molar-refractivity contribution is 6.23. The van der Waals surface area contributed by atoms with E-state index >= 15 is 0 Å². The van der Waals surface area contributed by atoms with Crippen LogP contribution in [0.2, 0.25) is 0 Å². The van der Waals surface area contributed by atoms with Gasteiger partial charge in [-0.3, -0.25) is 29.4 Å². The number of allylic oxidation sites excluding steroid dienone is 1. The van der Waals surface area contributed by atoms with Gasteiger partial charge in [0.05, 0.1) is 17.7 Å². The molecule has 4 aromatic rings. The number of likely N-dealkylation sites (tertiary alicyclic amines) is 1. The summed E-state index contributed by atoms with van der Waals surface area (Å²) in [6, 6.07) is 30.7. The number of phenolic OH excluding ortho intramolecular Hbond substituents is 1. The van der Waals surface area contributed by atoms with Crippen LogP contribution in [0.4, 0.5) is 5.69 Å². The van der Waals surface area contributed by atoms with E-state index in [-0.39, 0.29) is 24.5 Å². The minimum Gasteiger partial charge on any atom is -0.508 e. The summed E-state index contributed by atoms with van der Waals surface area (Å²) in [7, 11) is 0. The third-order valence-electron chi connectivity index (χ3n) is 11.6. The fraction of sp³-hybridized carbons (Fsp3) is 0.333. The lowest BCUT2D eigenvalue weighted by Gasteiger charge is -2.27. The molecule has 0 saturated carbocycles. The molecule has 10 heteroatoms. The number of aromatic hydroxyl groups is 1. The molecule has 0 radical (unpaired) electrons. The van der Waals surface area contributed by atoms with Crippen molar-refractivity contribution in [2.45, 2.75) is 45.1 Å². The predicted molar refractivity (Wildman–Crippen MR) is 211 cm³/mol. The normalized spacial score (nSPS) is 21.4. The Morgan fingerprint density at radius 3 is 2.11 bits per heavy atom. The van der Waals surface area contributed by atoms with Gasteiger partial charge in [0, 0.05) is 38.3 Å². The van der Waals surface area contributed by atoms with Gasteiger partial charge in [0.1, 0.15) is 17.5 Å². The Morgan fingerprint density at radius 1 is 0.764 bits per heavy atom. The number of phenols is 1. The van der Waals surface area contributed by atoms with Crippen LogP contribution in [0.5, 0.6) is 11.5 Å². The molecule has 3 atom stereocenters. The summed E-state index contributed by atoms with van der Waals surface area (Å²) in [6.07, 6.45) is 3.13. The third-order valence-corrected chi connectivity index (χ3v) is 11.6. The molecule has 3 unspecified atom stereocenters. The Labute approximate surface area is 321 Å². The number of carbonyl (C=O) groups excluding carboxylic acids is 4. The Hall–Kier alpha value is -5.74. The molecule has 4 aliphatic rings. The maximum Gasteiger partial charge on any atom is 0.262 e. The number of anilines is 1. The van der Waals surface area contributed by atoms with Gasteiger partial charge < -0.3 is 19.6 Å². The van der Waals surface area contributed by atoms with Crippen LogP contribution < -0.4 is 15.0 Å². The number of amides is 4. The number of nitrogens with zero attached hydrogens (tertiary/aromatic N) is 3. The van der Waals surface area contributed by atoms with E-state index in [0.717, 1.165) is 85.0 Å². The molecule has 4 aromatic carbocycles. The van der Waals surface area contributed by atoms with Gasteiger partial charge in [-0.25, -0.2) is 0 Å². The number of benzene rings is 4. The largest absolute Gasteiger partial charge is 0.508 e. The number of imide groups is 2. The van der Waals surface area contributed by atoms with Crippen molar-refractivity contribution in [2.24, 2.45) is 11.8 Å². The average Bonchev–Trinajstić information content (AvgIpc) is 3.85. The van der Waals surface area contributed by atoms with Crippen LogP contribution >= 0.6 is 0 Å². The zero-order chi connectivity index (χ0) is 38.1. The summed E-state index contributed by atoms with van der Waals surface area (Å²) < 4.78 is 6.18. The van der Waals surface area contributed by atoms with Crippen molar-refractivity contribution in [3.8, 4) is 11.5 Å². The molecule has 282 valence electrons. The first-order valence-corrected chi connectivity index (χ1v) is 19.4. The molecule has 0 spiro atoms. The van der Waals surface area contributed by atoms with Crippen LogP contribution in [0.3, 0.4) is 0 Å². The van der Waals surface area contributed by atoms with Crippen molar-refractivity contribution in [2.75, 3.05) is 44.2 Å². The number of unbranched alkanes of at least 4 members (excludes halogenated alkanes) is 1. The molecule has 0 bridgehead atoms. The first-order chi connectivity index (χ1) is 26.8. The number of hydrogen-bond acceptors (Lipinski definition) is 8. The Kier molecular flexibility index (Phi) is 10.2. The maximum absolute atomic E-state index is 13.3. The van der Waals surface area contributed by atoms with Crippen molar-refractivity contribution < 1.29 is 29.0 Å². The summed E-state index contributed by atoms with van der Waals surface area (Å²) >= 11 is 0. The number of rotatable bonds is 12. The van der Waals surface area contributed by atoms with Gasteiger partial charge in [-0.15, -0.1) is 0 Å². The van der Waals surface area contributed by atoms with Crippen LogP contribution in [0.15, 0.2) is 97.1 Å². The Balaban J connectivity index is 0.814. The van der Waals surface area contributed by atoms with Crippen LogP contribution in [0.25, 0.3) is 11.1 Å². The average molecular weight is 739 g/mol. The summed E-state index contributed by atoms with van der Waals surface area (Å²) in [4.78, 5) is 56.4. The number of carbonyl (C=O) groups is 4. The lowest BCUT2D eigenvalue weighted by molar-refractivity contribution is -0.136. The number of fused-ring (bicyclic) bond motifs is 2. The number of ether oxygens (including phenoxy) is 1. The van der Waals surface area contributed by atoms with Crippen molar-refractivity contribution in [1.82, 2.24) is 15.1 Å². The smallest absolute Gasteiger partial charge is 0.262 e. The van der Waals surface area contributed by atoms with E-state index in [2.05, 4.69) is 58.4 Å². The summed E-state index contributed by atoms with van der Waals surface area (Å²) in [5, 5.41) is 12.2. The summed E-state index contributed by atoms with van der Waals surface area (Å²) in [6.45, 7) is 7.72. The van der Waals surface area contributed by atoms with E-state index in [1.54, 1.807) is 24.3 Å². The van der Waals surface area contributed by atoms with Gasteiger partial charge in [0.25, 0.3) is 11.8 Å². The molecule has 8 rings (SSSR count). The quantitative estimate of drug-likeness (QED) is 0.0976. The molecule has 4 aliphatic heterocycles. The SMILES string of the molecule is CCC(=C(c1ccc(O)cc1)c1ccc(OCCCCN2CC3CN(c4ccc5c(c4)C(=O)N(C4CCC(=O)NC4=O)C5=O)CC3C2)cc1)c1ccccc1. The standard InChI is InChI=1S/C45H46N4O6/c1-2-37(29-8-4-3-5-9-29)42(30-10-15-35(50)16-11-30)31-12-17-36(18-13-31)55-23-7-6-22-47-25-32-27-48(28-33(32)26-47)34-14-19-38-39(24-34)45(54)49(44(38)53)40-20-21-41(51)46-43(40)52/h3-5,8-19,24,32-33,40,50H,2,6-7,20-23,25-28H2,1H3,(H,46,51,52). The maximum atomic E-state index is 13.3. The van der Waals surface area contributed by atoms with Crippen LogP contribution in [-0.2, 0) is 9.59 Å². The predicted octanol–water partition coefficient (Wildman–Crippen LogP) is 6.39. The molecule has 2 N–H and O–H groups in total. The molecule has 4 heterocycles. The topological polar surface area (TPSA) is 119 Å². The second-order valence-corrected chi connectivity index (χ2v) is 15.1. The molecule has 3 saturated heterocycles. The zero-order valence-corrected chi connectivity index (χ0v) is 31.1. The van der Waals surface area contributed by atoms with Crippen molar-refractivity contribution in [3.63, 3.8) is 0 Å². The highest BCUT2D eigenvalue weighted by atomic mass is 16.5. The fourth-order valence-corrected chi connectivity index (χ4v) is 8.79. The Bertz CT molecular complexity index is 2120. The van der Waals surface area contributed by atoms with Crippen LogP contribution in [-0.4, -0.2) is 83.9 Å².